The number of aliphatic imine (C=N–C) groups is 1. The molecular weight excluding hydrogens is 448 g/mol. The second-order valence-corrected chi connectivity index (χ2v) is 5.92. The Morgan fingerprint density at radius 3 is 2.78 bits per heavy atom. The Kier molecular flexibility index (Phi) is 8.15. The molecule has 2 aromatic rings. The summed E-state index contributed by atoms with van der Waals surface area (Å²) in [5.74, 6) is 0.377. The lowest BCUT2D eigenvalue weighted by Gasteiger charge is -2.16. The molecule has 0 amide bonds. The number of halogens is 3. The van der Waals surface area contributed by atoms with Gasteiger partial charge in [0.05, 0.1) is 25.3 Å². The topological polar surface area (TPSA) is 68.2 Å². The van der Waals surface area contributed by atoms with Crippen molar-refractivity contribution in [2.24, 2.45) is 10.7 Å². The second kappa shape index (κ2) is 9.34. The number of aromatic nitrogens is 2. The monoisotopic (exact) mass is 467 g/mol. The van der Waals surface area contributed by atoms with E-state index in [1.165, 1.54) is 0 Å². The van der Waals surface area contributed by atoms with Gasteiger partial charge in [0.25, 0.3) is 0 Å². The Bertz CT molecular complexity index is 672. The molecule has 1 aromatic heterocycles. The fourth-order valence-electron chi connectivity index (χ4n) is 2.06. The first-order valence-electron chi connectivity index (χ1n) is 6.96. The van der Waals surface area contributed by atoms with Crippen molar-refractivity contribution in [3.8, 4) is 0 Å². The predicted molar refractivity (Wildman–Crippen MR) is 107 cm³/mol. The van der Waals surface area contributed by atoms with Gasteiger partial charge in [-0.05, 0) is 37.1 Å². The molecule has 126 valence electrons. The van der Waals surface area contributed by atoms with Gasteiger partial charge in [-0.2, -0.15) is 5.10 Å². The average Bonchev–Trinajstić information content (AvgIpc) is 2.84. The minimum Gasteiger partial charge on any atom is -0.370 e. The van der Waals surface area contributed by atoms with E-state index in [0.717, 1.165) is 11.1 Å². The summed E-state index contributed by atoms with van der Waals surface area (Å²) in [4.78, 5) is 4.29. The molecule has 1 heterocycles. The van der Waals surface area contributed by atoms with Crippen LogP contribution in [0.15, 0.2) is 35.6 Å². The van der Waals surface area contributed by atoms with E-state index in [1.54, 1.807) is 12.1 Å². The first-order valence-corrected chi connectivity index (χ1v) is 7.72. The van der Waals surface area contributed by atoms with Crippen LogP contribution in [0.5, 0.6) is 0 Å². The molecule has 1 aromatic carbocycles. The number of nitrogens with one attached hydrogen (secondary N) is 1. The van der Waals surface area contributed by atoms with Gasteiger partial charge < -0.3 is 11.1 Å². The molecule has 2 rings (SSSR count). The quantitative estimate of drug-likeness (QED) is 0.399. The SMILES string of the molecule is Cc1cnn(CCN=C(N)NC(C)c2ccc(Cl)cc2Cl)c1.I. The molecule has 8 heteroatoms. The first kappa shape index (κ1) is 20.1. The van der Waals surface area contributed by atoms with Gasteiger partial charge in [-0.15, -0.1) is 24.0 Å². The highest BCUT2D eigenvalue weighted by Gasteiger charge is 2.10. The van der Waals surface area contributed by atoms with E-state index in [-0.39, 0.29) is 30.0 Å². The maximum atomic E-state index is 6.18. The maximum absolute atomic E-state index is 6.18. The van der Waals surface area contributed by atoms with Gasteiger partial charge in [-0.25, -0.2) is 0 Å². The molecule has 0 bridgehead atoms. The minimum atomic E-state index is -0.0551. The van der Waals surface area contributed by atoms with Crippen LogP contribution in [0.2, 0.25) is 10.0 Å². The molecule has 0 saturated heterocycles. The molecular formula is C15H20Cl2IN5. The molecule has 0 saturated carbocycles. The van der Waals surface area contributed by atoms with Crippen molar-refractivity contribution < 1.29 is 0 Å². The Morgan fingerprint density at radius 1 is 1.43 bits per heavy atom. The lowest BCUT2D eigenvalue weighted by Crippen LogP contribution is -2.34. The van der Waals surface area contributed by atoms with Crippen LogP contribution in [-0.2, 0) is 6.54 Å². The Hall–Kier alpha value is -0.990. The van der Waals surface area contributed by atoms with Crippen molar-refractivity contribution in [2.75, 3.05) is 6.54 Å². The third-order valence-electron chi connectivity index (χ3n) is 3.17. The van der Waals surface area contributed by atoms with E-state index in [9.17, 15) is 0 Å². The maximum Gasteiger partial charge on any atom is 0.189 e. The van der Waals surface area contributed by atoms with Crippen LogP contribution < -0.4 is 11.1 Å². The van der Waals surface area contributed by atoms with E-state index < -0.39 is 0 Å². The van der Waals surface area contributed by atoms with E-state index in [2.05, 4.69) is 15.4 Å². The fourth-order valence-corrected chi connectivity index (χ4v) is 2.63. The molecule has 1 atom stereocenters. The van der Waals surface area contributed by atoms with Crippen molar-refractivity contribution >= 4 is 53.1 Å². The molecule has 0 aliphatic rings. The summed E-state index contributed by atoms with van der Waals surface area (Å²) in [7, 11) is 0. The number of hydrogen-bond acceptors (Lipinski definition) is 2. The number of nitrogens with zero attached hydrogens (tertiary/aromatic N) is 3. The predicted octanol–water partition coefficient (Wildman–Crippen LogP) is 3.78. The number of hydrogen-bond donors (Lipinski definition) is 2. The number of benzene rings is 1. The van der Waals surface area contributed by atoms with Crippen LogP contribution in [0.1, 0.15) is 24.1 Å². The van der Waals surface area contributed by atoms with Gasteiger partial charge >= 0.3 is 0 Å². The van der Waals surface area contributed by atoms with Gasteiger partial charge in [-0.3, -0.25) is 9.67 Å². The molecule has 1 unspecified atom stereocenters. The molecule has 0 aliphatic carbocycles. The highest BCUT2D eigenvalue weighted by Crippen LogP contribution is 2.25. The number of rotatable bonds is 5. The van der Waals surface area contributed by atoms with Gasteiger partial charge in [0.15, 0.2) is 5.96 Å². The van der Waals surface area contributed by atoms with Crippen molar-refractivity contribution in [1.29, 1.82) is 0 Å². The van der Waals surface area contributed by atoms with Crippen molar-refractivity contribution in [1.82, 2.24) is 15.1 Å². The standard InChI is InChI=1S/C15H19Cl2N5.HI/c1-10-8-20-22(9-10)6-5-19-15(18)21-11(2)13-4-3-12(16)7-14(13)17;/h3-4,7-9,11H,5-6H2,1-2H3,(H3,18,19,21);1H. The number of nitrogens with two attached hydrogens (primary N) is 1. The molecule has 0 fully saturated rings. The molecule has 0 spiro atoms. The lowest BCUT2D eigenvalue weighted by atomic mass is 10.1. The zero-order chi connectivity index (χ0) is 16.1. The van der Waals surface area contributed by atoms with Crippen LogP contribution in [0.25, 0.3) is 0 Å². The zero-order valence-corrected chi connectivity index (χ0v) is 16.8. The van der Waals surface area contributed by atoms with E-state index in [4.69, 9.17) is 28.9 Å². The first-order chi connectivity index (χ1) is 10.5. The summed E-state index contributed by atoms with van der Waals surface area (Å²) in [6.45, 7) is 5.21. The average molecular weight is 468 g/mol. The third kappa shape index (κ3) is 6.19. The zero-order valence-electron chi connectivity index (χ0n) is 13.0. The van der Waals surface area contributed by atoms with Gasteiger partial charge in [-0.1, -0.05) is 29.3 Å². The Labute approximate surface area is 163 Å². The largest absolute Gasteiger partial charge is 0.370 e. The van der Waals surface area contributed by atoms with Crippen LogP contribution in [0.3, 0.4) is 0 Å². The summed E-state index contributed by atoms with van der Waals surface area (Å²) >= 11 is 12.1. The Morgan fingerprint density at radius 2 is 2.17 bits per heavy atom. The highest BCUT2D eigenvalue weighted by atomic mass is 127. The van der Waals surface area contributed by atoms with Crippen LogP contribution in [0.4, 0.5) is 0 Å². The third-order valence-corrected chi connectivity index (χ3v) is 3.73. The van der Waals surface area contributed by atoms with Crippen molar-refractivity contribution in [2.45, 2.75) is 26.4 Å². The lowest BCUT2D eigenvalue weighted by molar-refractivity contribution is 0.621. The summed E-state index contributed by atoms with van der Waals surface area (Å²) in [5, 5.41) is 8.53. The number of aryl methyl sites for hydroxylation is 1. The minimum absolute atomic E-state index is 0. The van der Waals surface area contributed by atoms with Crippen LogP contribution in [-0.4, -0.2) is 22.3 Å². The summed E-state index contributed by atoms with van der Waals surface area (Å²) in [6, 6.07) is 5.33. The van der Waals surface area contributed by atoms with Crippen LogP contribution in [0, 0.1) is 6.92 Å². The normalized spacial score (nSPS) is 12.6. The molecule has 3 N–H and O–H groups in total. The number of guanidine groups is 1. The molecule has 0 aliphatic heterocycles. The van der Waals surface area contributed by atoms with Crippen molar-refractivity contribution in [3.05, 3.63) is 51.8 Å². The summed E-state index contributed by atoms with van der Waals surface area (Å²) in [5.41, 5.74) is 7.95. The van der Waals surface area contributed by atoms with Gasteiger partial charge in [0.2, 0.25) is 0 Å². The van der Waals surface area contributed by atoms with E-state index >= 15 is 0 Å². The molecule has 5 nitrogen and oxygen atoms in total. The summed E-state index contributed by atoms with van der Waals surface area (Å²) < 4.78 is 1.84. The van der Waals surface area contributed by atoms with Crippen LogP contribution >= 0.6 is 47.2 Å². The second-order valence-electron chi connectivity index (χ2n) is 5.08. The van der Waals surface area contributed by atoms with Gasteiger partial charge in [0, 0.05) is 16.2 Å². The Balaban J connectivity index is 0.00000264. The van der Waals surface area contributed by atoms with E-state index in [0.29, 0.717) is 29.1 Å². The smallest absolute Gasteiger partial charge is 0.189 e. The highest BCUT2D eigenvalue weighted by molar-refractivity contribution is 14.0. The van der Waals surface area contributed by atoms with Gasteiger partial charge in [0.1, 0.15) is 0 Å². The molecule has 23 heavy (non-hydrogen) atoms. The summed E-state index contributed by atoms with van der Waals surface area (Å²) in [6.07, 6.45) is 3.78. The molecule has 0 radical (unpaired) electrons. The fraction of sp³-hybridized carbons (Fsp3) is 0.333. The van der Waals surface area contributed by atoms with Crippen molar-refractivity contribution in [3.63, 3.8) is 0 Å². The van der Waals surface area contributed by atoms with E-state index in [1.807, 2.05) is 37.0 Å².